The highest BCUT2D eigenvalue weighted by molar-refractivity contribution is 7.13. The number of hydrogen-bond acceptors (Lipinski definition) is 5. The lowest BCUT2D eigenvalue weighted by Crippen LogP contribution is -2.35. The molecule has 150 valence electrons. The van der Waals surface area contributed by atoms with Gasteiger partial charge in [-0.2, -0.15) is 0 Å². The van der Waals surface area contributed by atoms with Gasteiger partial charge in [0, 0.05) is 24.2 Å². The zero-order chi connectivity index (χ0) is 21.0. The van der Waals surface area contributed by atoms with Crippen LogP contribution >= 0.6 is 11.3 Å². The van der Waals surface area contributed by atoms with Crippen LogP contribution < -0.4 is 5.32 Å². The lowest BCUT2D eigenvalue weighted by atomic mass is 10.0. The van der Waals surface area contributed by atoms with E-state index in [1.54, 1.807) is 24.7 Å². The van der Waals surface area contributed by atoms with Crippen LogP contribution in [0.4, 0.5) is 5.82 Å². The van der Waals surface area contributed by atoms with E-state index in [4.69, 9.17) is 0 Å². The van der Waals surface area contributed by atoms with E-state index in [2.05, 4.69) is 41.3 Å². The molecule has 0 bridgehead atoms. The highest BCUT2D eigenvalue weighted by Crippen LogP contribution is 2.26. The monoisotopic (exact) mass is 408 g/mol. The van der Waals surface area contributed by atoms with Gasteiger partial charge in [-0.3, -0.25) is 9.59 Å². The number of carbonyl (C=O) groups is 2. The van der Waals surface area contributed by atoms with Gasteiger partial charge in [0.1, 0.15) is 16.5 Å². The number of likely N-dealkylation sites (N-methyl/N-ethyl adjacent to an activating group) is 1. The maximum absolute atomic E-state index is 12.6. The van der Waals surface area contributed by atoms with Crippen LogP contribution in [0.2, 0.25) is 0 Å². The first-order valence-electron chi connectivity index (χ1n) is 9.37. The van der Waals surface area contributed by atoms with Crippen LogP contribution in [0.25, 0.3) is 10.6 Å². The fraction of sp³-hybridized carbons (Fsp3) is 0.273. The molecule has 0 saturated carbocycles. The van der Waals surface area contributed by atoms with E-state index in [0.29, 0.717) is 17.4 Å². The summed E-state index contributed by atoms with van der Waals surface area (Å²) >= 11 is 1.42. The molecule has 6 nitrogen and oxygen atoms in total. The number of nitrogens with zero attached hydrogens (tertiary/aromatic N) is 3. The number of aromatic nitrogens is 2. The number of thiazole rings is 1. The Morgan fingerprint density at radius 3 is 2.55 bits per heavy atom. The molecular weight excluding hydrogens is 384 g/mol. The van der Waals surface area contributed by atoms with Crippen molar-refractivity contribution in [2.75, 3.05) is 18.9 Å². The maximum atomic E-state index is 12.6. The average molecular weight is 409 g/mol. The summed E-state index contributed by atoms with van der Waals surface area (Å²) < 4.78 is 0. The molecule has 1 aromatic carbocycles. The molecule has 0 spiro atoms. The predicted octanol–water partition coefficient (Wildman–Crippen LogP) is 4.35. The number of amides is 2. The predicted molar refractivity (Wildman–Crippen MR) is 116 cm³/mol. The molecule has 7 heteroatoms. The van der Waals surface area contributed by atoms with Gasteiger partial charge in [-0.25, -0.2) is 9.97 Å². The molecule has 2 aromatic heterocycles. The largest absolute Gasteiger partial charge is 0.331 e. The molecule has 0 radical (unpaired) electrons. The quantitative estimate of drug-likeness (QED) is 0.658. The molecule has 0 saturated heterocycles. The highest BCUT2D eigenvalue weighted by atomic mass is 32.1. The van der Waals surface area contributed by atoms with Gasteiger partial charge in [0.15, 0.2) is 0 Å². The number of pyridine rings is 1. The van der Waals surface area contributed by atoms with Crippen molar-refractivity contribution < 1.29 is 9.59 Å². The van der Waals surface area contributed by atoms with Crippen molar-refractivity contribution in [3.8, 4) is 10.6 Å². The first-order chi connectivity index (χ1) is 13.8. The smallest absolute Gasteiger partial charge is 0.273 e. The molecule has 0 aliphatic heterocycles. The Bertz CT molecular complexity index is 1010. The minimum Gasteiger partial charge on any atom is -0.331 e. The number of hydrogen-bond donors (Lipinski definition) is 1. The molecule has 2 heterocycles. The second-order valence-electron chi connectivity index (χ2n) is 7.24. The summed E-state index contributed by atoms with van der Waals surface area (Å²) in [6.45, 7) is 6.14. The lowest BCUT2D eigenvalue weighted by Gasteiger charge is -2.15. The van der Waals surface area contributed by atoms with E-state index >= 15 is 0 Å². The molecule has 0 fully saturated rings. The van der Waals surface area contributed by atoms with Crippen molar-refractivity contribution in [2.45, 2.75) is 26.7 Å². The van der Waals surface area contributed by atoms with E-state index in [1.807, 2.05) is 25.1 Å². The van der Waals surface area contributed by atoms with E-state index in [-0.39, 0.29) is 18.4 Å². The number of carbonyl (C=O) groups excluding carboxylic acids is 2. The van der Waals surface area contributed by atoms with Gasteiger partial charge in [-0.1, -0.05) is 38.1 Å². The Hall–Kier alpha value is -3.06. The van der Waals surface area contributed by atoms with Gasteiger partial charge >= 0.3 is 0 Å². The molecule has 0 atom stereocenters. The van der Waals surface area contributed by atoms with Crippen LogP contribution in [-0.4, -0.2) is 40.3 Å². The van der Waals surface area contributed by atoms with Crippen molar-refractivity contribution in [1.29, 1.82) is 0 Å². The van der Waals surface area contributed by atoms with Crippen molar-refractivity contribution in [1.82, 2.24) is 14.9 Å². The first kappa shape index (κ1) is 20.7. The van der Waals surface area contributed by atoms with Crippen molar-refractivity contribution in [2.24, 2.45) is 0 Å². The maximum Gasteiger partial charge on any atom is 0.273 e. The standard InChI is InChI=1S/C22H24N4O2S/c1-14(2)16-5-7-17(8-6-16)21-24-18(13-29-21)22(28)26(4)12-20(27)25-19-11-15(3)9-10-23-19/h5-11,13-14H,12H2,1-4H3,(H,23,25,27). The van der Waals surface area contributed by atoms with E-state index in [0.717, 1.165) is 16.1 Å². The molecular formula is C22H24N4O2S. The first-order valence-corrected chi connectivity index (χ1v) is 10.3. The van der Waals surface area contributed by atoms with Crippen LogP contribution in [-0.2, 0) is 4.79 Å². The molecule has 0 aliphatic carbocycles. The summed E-state index contributed by atoms with van der Waals surface area (Å²) in [7, 11) is 1.59. The summed E-state index contributed by atoms with van der Waals surface area (Å²) in [5.41, 5.74) is 3.57. The second-order valence-corrected chi connectivity index (χ2v) is 8.10. The van der Waals surface area contributed by atoms with Crippen LogP contribution in [0.15, 0.2) is 48.0 Å². The molecule has 0 unspecified atom stereocenters. The Morgan fingerprint density at radius 2 is 1.90 bits per heavy atom. The van der Waals surface area contributed by atoms with E-state index in [1.165, 1.54) is 21.8 Å². The Balaban J connectivity index is 1.63. The summed E-state index contributed by atoms with van der Waals surface area (Å²) in [6.07, 6.45) is 1.63. The Labute approximate surface area is 174 Å². The normalized spacial score (nSPS) is 10.8. The average Bonchev–Trinajstić information content (AvgIpc) is 3.17. The summed E-state index contributed by atoms with van der Waals surface area (Å²) in [6, 6.07) is 11.8. The Kier molecular flexibility index (Phi) is 6.39. The summed E-state index contributed by atoms with van der Waals surface area (Å²) in [5.74, 6) is 0.334. The zero-order valence-corrected chi connectivity index (χ0v) is 17.8. The third-order valence-electron chi connectivity index (χ3n) is 4.46. The molecule has 0 aliphatic rings. The number of aryl methyl sites for hydroxylation is 1. The van der Waals surface area contributed by atoms with Crippen LogP contribution in [0.1, 0.15) is 41.4 Å². The fourth-order valence-corrected chi connectivity index (χ4v) is 3.58. The second kappa shape index (κ2) is 8.96. The molecule has 1 N–H and O–H groups in total. The summed E-state index contributed by atoms with van der Waals surface area (Å²) in [5, 5.41) is 5.21. The molecule has 29 heavy (non-hydrogen) atoms. The van der Waals surface area contributed by atoms with E-state index < -0.39 is 0 Å². The van der Waals surface area contributed by atoms with E-state index in [9.17, 15) is 9.59 Å². The van der Waals surface area contributed by atoms with Crippen LogP contribution in [0.3, 0.4) is 0 Å². The number of benzene rings is 1. The Morgan fingerprint density at radius 1 is 1.17 bits per heavy atom. The molecule has 2 amide bonds. The van der Waals surface area contributed by atoms with Gasteiger partial charge in [0.2, 0.25) is 5.91 Å². The third kappa shape index (κ3) is 5.26. The summed E-state index contributed by atoms with van der Waals surface area (Å²) in [4.78, 5) is 34.8. The van der Waals surface area contributed by atoms with Gasteiger partial charge in [0.05, 0.1) is 6.54 Å². The number of rotatable bonds is 6. The number of anilines is 1. The zero-order valence-electron chi connectivity index (χ0n) is 17.0. The number of nitrogens with one attached hydrogen (secondary N) is 1. The molecule has 3 aromatic rings. The minimum atomic E-state index is -0.307. The van der Waals surface area contributed by atoms with Crippen molar-refractivity contribution in [3.05, 3.63) is 64.8 Å². The van der Waals surface area contributed by atoms with Gasteiger partial charge in [0.25, 0.3) is 5.91 Å². The SMILES string of the molecule is Cc1ccnc(NC(=O)CN(C)C(=O)c2csc(-c3ccc(C(C)C)cc3)n2)c1. The van der Waals surface area contributed by atoms with Crippen molar-refractivity contribution in [3.63, 3.8) is 0 Å². The highest BCUT2D eigenvalue weighted by Gasteiger charge is 2.19. The minimum absolute atomic E-state index is 0.0790. The van der Waals surface area contributed by atoms with Gasteiger partial charge in [-0.05, 0) is 36.1 Å². The van der Waals surface area contributed by atoms with Crippen LogP contribution in [0, 0.1) is 6.92 Å². The van der Waals surface area contributed by atoms with Crippen molar-refractivity contribution >= 4 is 29.0 Å². The lowest BCUT2D eigenvalue weighted by molar-refractivity contribution is -0.116. The van der Waals surface area contributed by atoms with Gasteiger partial charge < -0.3 is 10.2 Å². The van der Waals surface area contributed by atoms with Crippen LogP contribution in [0.5, 0.6) is 0 Å². The topological polar surface area (TPSA) is 75.2 Å². The van der Waals surface area contributed by atoms with Gasteiger partial charge in [-0.15, -0.1) is 11.3 Å². The fourth-order valence-electron chi connectivity index (χ4n) is 2.78. The molecule has 3 rings (SSSR count). The third-order valence-corrected chi connectivity index (χ3v) is 5.35.